The van der Waals surface area contributed by atoms with E-state index in [1.54, 1.807) is 32.2 Å². The maximum absolute atomic E-state index is 13.9. The number of nitrogens with zero attached hydrogens (tertiary/aromatic N) is 2. The fraction of sp³-hybridized carbons (Fsp3) is 0.400. The van der Waals surface area contributed by atoms with Crippen molar-refractivity contribution in [3.05, 3.63) is 59.4 Å². The second-order valence-corrected chi connectivity index (χ2v) is 10.4. The first kappa shape index (κ1) is 25.7. The zero-order chi connectivity index (χ0) is 25.0. The van der Waals surface area contributed by atoms with Crippen molar-refractivity contribution in [2.45, 2.75) is 37.8 Å². The summed E-state index contributed by atoms with van der Waals surface area (Å²) in [7, 11) is -2.33. The van der Waals surface area contributed by atoms with Gasteiger partial charge in [-0.25, -0.2) is 12.8 Å². The first-order valence-electron chi connectivity index (χ1n) is 11.0. The Bertz CT molecular complexity index is 1220. The standard InChI is InChI=1S/C25H29FN2O5S/c1-17-14-28(18(2)16-29)34(31,32)25-12-10-20(9-11-21-7-5-6-8-22(21)26)13-23(25)33-24(17)15-27(4)19(3)30/h5-8,10,12-13,17-18,24,29H,14-16H2,1-4H3/t17-,18-,24-/m0/s1. The van der Waals surface area contributed by atoms with Crippen molar-refractivity contribution in [2.24, 2.45) is 5.92 Å². The fourth-order valence-corrected chi connectivity index (χ4v) is 5.45. The lowest BCUT2D eigenvalue weighted by molar-refractivity contribution is -0.129. The van der Waals surface area contributed by atoms with Crippen molar-refractivity contribution in [3.8, 4) is 17.6 Å². The zero-order valence-electron chi connectivity index (χ0n) is 19.7. The second-order valence-electron chi connectivity index (χ2n) is 8.53. The van der Waals surface area contributed by atoms with E-state index in [1.807, 2.05) is 6.92 Å². The summed E-state index contributed by atoms with van der Waals surface area (Å²) in [6.45, 7) is 4.96. The number of benzene rings is 2. The summed E-state index contributed by atoms with van der Waals surface area (Å²) < 4.78 is 48.3. The summed E-state index contributed by atoms with van der Waals surface area (Å²) in [5.74, 6) is 4.85. The van der Waals surface area contributed by atoms with Gasteiger partial charge in [0.25, 0.3) is 0 Å². The molecule has 0 radical (unpaired) electrons. The molecule has 1 aliphatic rings. The van der Waals surface area contributed by atoms with Crippen LogP contribution in [0.1, 0.15) is 31.9 Å². The molecule has 0 bridgehead atoms. The second kappa shape index (κ2) is 10.6. The third kappa shape index (κ3) is 5.58. The number of ether oxygens (including phenoxy) is 1. The quantitative estimate of drug-likeness (QED) is 0.669. The molecule has 1 heterocycles. The number of carbonyl (C=O) groups excluding carboxylic acids is 1. The normalized spacial score (nSPS) is 20.5. The largest absolute Gasteiger partial charge is 0.487 e. The molecule has 3 atom stereocenters. The maximum Gasteiger partial charge on any atom is 0.247 e. The molecule has 3 rings (SSSR count). The summed E-state index contributed by atoms with van der Waals surface area (Å²) in [5.41, 5.74) is 0.672. The number of aliphatic hydroxyl groups excluding tert-OH is 1. The third-order valence-corrected chi connectivity index (χ3v) is 7.89. The van der Waals surface area contributed by atoms with E-state index in [9.17, 15) is 22.7 Å². The van der Waals surface area contributed by atoms with Gasteiger partial charge < -0.3 is 14.7 Å². The number of hydrogen-bond acceptors (Lipinski definition) is 5. The van der Waals surface area contributed by atoms with Gasteiger partial charge in [0.1, 0.15) is 22.6 Å². The number of sulfonamides is 1. The topological polar surface area (TPSA) is 87.2 Å². The zero-order valence-corrected chi connectivity index (χ0v) is 20.5. The molecule has 1 N–H and O–H groups in total. The van der Waals surface area contributed by atoms with Gasteiger partial charge in [-0.3, -0.25) is 4.79 Å². The van der Waals surface area contributed by atoms with E-state index < -0.39 is 28.0 Å². The minimum absolute atomic E-state index is 0.0494. The highest BCUT2D eigenvalue weighted by Gasteiger charge is 2.38. The van der Waals surface area contributed by atoms with Crippen LogP contribution in [0.4, 0.5) is 4.39 Å². The predicted molar refractivity (Wildman–Crippen MR) is 126 cm³/mol. The molecule has 0 fully saturated rings. The van der Waals surface area contributed by atoms with Crippen LogP contribution in [-0.2, 0) is 14.8 Å². The number of likely N-dealkylation sites (N-methyl/N-ethyl adjacent to an activating group) is 1. The van der Waals surface area contributed by atoms with Crippen molar-refractivity contribution in [3.63, 3.8) is 0 Å². The van der Waals surface area contributed by atoms with Crippen LogP contribution < -0.4 is 4.74 Å². The third-order valence-electron chi connectivity index (χ3n) is 5.87. The van der Waals surface area contributed by atoms with E-state index in [2.05, 4.69) is 11.8 Å². The van der Waals surface area contributed by atoms with Crippen molar-refractivity contribution in [1.82, 2.24) is 9.21 Å². The number of amides is 1. The molecule has 9 heteroatoms. The number of fused-ring (bicyclic) bond motifs is 1. The number of rotatable bonds is 4. The minimum atomic E-state index is -3.99. The molecular formula is C25H29FN2O5S. The monoisotopic (exact) mass is 488 g/mol. The first-order chi connectivity index (χ1) is 16.0. The molecular weight excluding hydrogens is 459 g/mol. The Labute approximate surface area is 200 Å². The first-order valence-corrected chi connectivity index (χ1v) is 12.4. The Kier molecular flexibility index (Phi) is 7.97. The van der Waals surface area contributed by atoms with Crippen LogP contribution in [0.15, 0.2) is 47.4 Å². The average molecular weight is 489 g/mol. The summed E-state index contributed by atoms with van der Waals surface area (Å²) in [6.07, 6.45) is -0.508. The number of aliphatic hydroxyl groups is 1. The molecule has 2 aromatic carbocycles. The molecule has 0 aromatic heterocycles. The van der Waals surface area contributed by atoms with E-state index in [0.717, 1.165) is 0 Å². The summed E-state index contributed by atoms with van der Waals surface area (Å²) in [6, 6.07) is 9.94. The van der Waals surface area contributed by atoms with E-state index in [-0.39, 0.29) is 47.7 Å². The highest BCUT2D eigenvalue weighted by molar-refractivity contribution is 7.89. The Morgan fingerprint density at radius 3 is 2.65 bits per heavy atom. The Hall–Kier alpha value is -2.93. The summed E-state index contributed by atoms with van der Waals surface area (Å²) in [5, 5.41) is 9.71. The number of carbonyl (C=O) groups is 1. The summed E-state index contributed by atoms with van der Waals surface area (Å²) >= 11 is 0. The minimum Gasteiger partial charge on any atom is -0.487 e. The molecule has 0 saturated heterocycles. The average Bonchev–Trinajstić information content (AvgIpc) is 2.80. The maximum atomic E-state index is 13.9. The van der Waals surface area contributed by atoms with Crippen LogP contribution in [0.2, 0.25) is 0 Å². The Morgan fingerprint density at radius 1 is 1.29 bits per heavy atom. The van der Waals surface area contributed by atoms with Crippen LogP contribution in [0.25, 0.3) is 0 Å². The molecule has 182 valence electrons. The van der Waals surface area contributed by atoms with Gasteiger partial charge in [-0.15, -0.1) is 0 Å². The number of halogens is 1. The molecule has 0 unspecified atom stereocenters. The van der Waals surface area contributed by atoms with Gasteiger partial charge >= 0.3 is 0 Å². The molecule has 34 heavy (non-hydrogen) atoms. The van der Waals surface area contributed by atoms with E-state index in [0.29, 0.717) is 5.56 Å². The highest BCUT2D eigenvalue weighted by atomic mass is 32.2. The fourth-order valence-electron chi connectivity index (χ4n) is 3.62. The summed E-state index contributed by atoms with van der Waals surface area (Å²) in [4.78, 5) is 13.3. The molecule has 0 spiro atoms. The van der Waals surface area contributed by atoms with Crippen molar-refractivity contribution < 1.29 is 27.4 Å². The molecule has 2 aromatic rings. The van der Waals surface area contributed by atoms with Gasteiger partial charge in [-0.1, -0.05) is 30.9 Å². The van der Waals surface area contributed by atoms with Crippen LogP contribution in [0.3, 0.4) is 0 Å². The molecule has 1 aliphatic heterocycles. The van der Waals surface area contributed by atoms with Crippen LogP contribution >= 0.6 is 0 Å². The van der Waals surface area contributed by atoms with Crippen LogP contribution in [0.5, 0.6) is 5.75 Å². The lowest BCUT2D eigenvalue weighted by Crippen LogP contribution is -2.50. The lowest BCUT2D eigenvalue weighted by atomic mass is 10.0. The van der Waals surface area contributed by atoms with Crippen molar-refractivity contribution >= 4 is 15.9 Å². The van der Waals surface area contributed by atoms with Gasteiger partial charge in [-0.05, 0) is 37.3 Å². The van der Waals surface area contributed by atoms with Gasteiger partial charge in [-0.2, -0.15) is 4.31 Å². The van der Waals surface area contributed by atoms with Crippen LogP contribution in [-0.4, -0.2) is 67.5 Å². The molecule has 0 aliphatic carbocycles. The molecule has 7 nitrogen and oxygen atoms in total. The Morgan fingerprint density at radius 2 is 2.00 bits per heavy atom. The predicted octanol–water partition coefficient (Wildman–Crippen LogP) is 2.47. The Balaban J connectivity index is 2.09. The van der Waals surface area contributed by atoms with Crippen molar-refractivity contribution in [1.29, 1.82) is 0 Å². The molecule has 0 saturated carbocycles. The lowest BCUT2D eigenvalue weighted by Gasteiger charge is -2.37. The van der Waals surface area contributed by atoms with Crippen LogP contribution in [0, 0.1) is 23.6 Å². The van der Waals surface area contributed by atoms with Gasteiger partial charge in [0.2, 0.25) is 15.9 Å². The smallest absolute Gasteiger partial charge is 0.247 e. The number of hydrogen-bond donors (Lipinski definition) is 1. The van der Waals surface area contributed by atoms with E-state index >= 15 is 0 Å². The van der Waals surface area contributed by atoms with E-state index in [1.165, 1.54) is 40.4 Å². The van der Waals surface area contributed by atoms with Gasteiger partial charge in [0, 0.05) is 38.0 Å². The highest BCUT2D eigenvalue weighted by Crippen LogP contribution is 2.34. The molecule has 1 amide bonds. The van der Waals surface area contributed by atoms with Crippen molar-refractivity contribution in [2.75, 3.05) is 26.7 Å². The SMILES string of the molecule is CC(=O)N(C)C[C@@H]1Oc2cc(C#Cc3ccccc3F)ccc2S(=O)(=O)N([C@@H](C)CO)C[C@@H]1C. The van der Waals surface area contributed by atoms with Gasteiger partial charge in [0.05, 0.1) is 18.7 Å². The van der Waals surface area contributed by atoms with Gasteiger partial charge in [0.15, 0.2) is 0 Å². The van der Waals surface area contributed by atoms with E-state index in [4.69, 9.17) is 4.74 Å².